The second-order valence-electron chi connectivity index (χ2n) is 7.30. The van der Waals surface area contributed by atoms with E-state index in [1.165, 1.54) is 22.6 Å². The molecule has 1 N–H and O–H groups in total. The number of fused-ring (bicyclic) bond motifs is 1. The molecule has 0 saturated heterocycles. The zero-order valence-electron chi connectivity index (χ0n) is 16.4. The summed E-state index contributed by atoms with van der Waals surface area (Å²) in [6, 6.07) is 9.78. The van der Waals surface area contributed by atoms with Crippen LogP contribution < -0.4 is 5.32 Å². The summed E-state index contributed by atoms with van der Waals surface area (Å²) in [6.07, 6.45) is 2.70. The molecule has 1 aliphatic carbocycles. The summed E-state index contributed by atoms with van der Waals surface area (Å²) in [5.74, 6) is -1.01. The number of aryl methyl sites for hydroxylation is 2. The van der Waals surface area contributed by atoms with Crippen molar-refractivity contribution in [3.8, 4) is 0 Å². The normalized spacial score (nSPS) is 13.1. The van der Waals surface area contributed by atoms with Crippen molar-refractivity contribution in [3.63, 3.8) is 0 Å². The molecule has 0 spiro atoms. The van der Waals surface area contributed by atoms with Crippen molar-refractivity contribution in [1.29, 1.82) is 0 Å². The Bertz CT molecular complexity index is 1060. The number of hydrogen-bond donors (Lipinski definition) is 1. The maximum atomic E-state index is 12.6. The third-order valence-corrected chi connectivity index (χ3v) is 6.96. The lowest BCUT2D eigenvalue weighted by Gasteiger charge is -2.13. The first-order valence-electron chi connectivity index (χ1n) is 9.33. The van der Waals surface area contributed by atoms with Crippen LogP contribution in [0.15, 0.2) is 41.3 Å². The molecule has 2 aromatic carbocycles. The zero-order chi connectivity index (χ0) is 21.2. The van der Waals surface area contributed by atoms with Crippen LogP contribution in [0.4, 0.5) is 5.69 Å². The van der Waals surface area contributed by atoms with Crippen LogP contribution in [0.25, 0.3) is 0 Å². The summed E-state index contributed by atoms with van der Waals surface area (Å²) >= 11 is 6.11. The number of nitrogens with one attached hydrogen (secondary N) is 1. The highest BCUT2D eigenvalue weighted by molar-refractivity contribution is 7.91. The Morgan fingerprint density at radius 1 is 1.07 bits per heavy atom. The van der Waals surface area contributed by atoms with Gasteiger partial charge in [0.15, 0.2) is 9.84 Å². The first-order valence-corrected chi connectivity index (χ1v) is 11.4. The van der Waals surface area contributed by atoms with Crippen molar-refractivity contribution >= 4 is 38.9 Å². The number of carbonyl (C=O) groups is 2. The van der Waals surface area contributed by atoms with E-state index in [1.54, 1.807) is 32.3 Å². The molecule has 29 heavy (non-hydrogen) atoms. The molecule has 0 atom stereocenters. The van der Waals surface area contributed by atoms with E-state index >= 15 is 0 Å². The molecule has 2 aromatic rings. The van der Waals surface area contributed by atoms with Crippen molar-refractivity contribution in [2.24, 2.45) is 0 Å². The van der Waals surface area contributed by atoms with Gasteiger partial charge < -0.3 is 10.2 Å². The molecule has 0 aromatic heterocycles. The van der Waals surface area contributed by atoms with Gasteiger partial charge in [-0.25, -0.2) is 8.42 Å². The first-order chi connectivity index (χ1) is 13.7. The Balaban J connectivity index is 1.67. The van der Waals surface area contributed by atoms with Gasteiger partial charge in [-0.1, -0.05) is 17.7 Å². The Labute approximate surface area is 175 Å². The van der Waals surface area contributed by atoms with Gasteiger partial charge in [-0.3, -0.25) is 9.59 Å². The number of rotatable bonds is 6. The number of halogens is 1. The summed E-state index contributed by atoms with van der Waals surface area (Å²) in [5, 5.41) is 2.88. The third kappa shape index (κ3) is 4.97. The van der Waals surface area contributed by atoms with E-state index in [0.29, 0.717) is 5.56 Å². The van der Waals surface area contributed by atoms with E-state index in [9.17, 15) is 18.0 Å². The minimum absolute atomic E-state index is 0.207. The van der Waals surface area contributed by atoms with Crippen LogP contribution in [0.3, 0.4) is 0 Å². The molecule has 0 fully saturated rings. The summed E-state index contributed by atoms with van der Waals surface area (Å²) in [4.78, 5) is 26.1. The molecule has 0 bridgehead atoms. The summed E-state index contributed by atoms with van der Waals surface area (Å²) in [6.45, 7) is 0. The molecular formula is C21H23ClN2O4S. The third-order valence-electron chi connectivity index (χ3n) is 4.92. The molecule has 0 unspecified atom stereocenters. The predicted octanol–water partition coefficient (Wildman–Crippen LogP) is 3.33. The molecule has 1 aliphatic rings. The largest absolute Gasteiger partial charge is 0.345 e. The lowest BCUT2D eigenvalue weighted by Crippen LogP contribution is -2.22. The van der Waals surface area contributed by atoms with Gasteiger partial charge in [-0.2, -0.15) is 0 Å². The Hall–Kier alpha value is -2.38. The highest BCUT2D eigenvalue weighted by atomic mass is 35.5. The Kier molecular flexibility index (Phi) is 6.29. The van der Waals surface area contributed by atoms with Gasteiger partial charge in [0.05, 0.1) is 21.4 Å². The van der Waals surface area contributed by atoms with Crippen LogP contribution >= 0.6 is 11.6 Å². The molecular weight excluding hydrogens is 412 g/mol. The average Bonchev–Trinajstić information content (AvgIpc) is 3.15. The number of anilines is 1. The van der Waals surface area contributed by atoms with E-state index in [1.807, 2.05) is 6.07 Å². The van der Waals surface area contributed by atoms with Gasteiger partial charge in [-0.15, -0.1) is 0 Å². The van der Waals surface area contributed by atoms with Crippen molar-refractivity contribution in [3.05, 3.63) is 58.1 Å². The fourth-order valence-electron chi connectivity index (χ4n) is 3.31. The molecule has 0 radical (unpaired) electrons. The molecule has 0 heterocycles. The maximum absolute atomic E-state index is 12.6. The smallest absolute Gasteiger partial charge is 0.253 e. The summed E-state index contributed by atoms with van der Waals surface area (Å²) in [5.41, 5.74) is 2.92. The van der Waals surface area contributed by atoms with Gasteiger partial charge in [0.1, 0.15) is 0 Å². The van der Waals surface area contributed by atoms with Gasteiger partial charge in [-0.05, 0) is 60.7 Å². The van der Waals surface area contributed by atoms with Crippen LogP contribution in [0.2, 0.25) is 5.02 Å². The number of nitrogens with zero attached hydrogens (tertiary/aromatic N) is 1. The van der Waals surface area contributed by atoms with Crippen molar-refractivity contribution in [2.45, 2.75) is 30.6 Å². The van der Waals surface area contributed by atoms with E-state index in [-0.39, 0.29) is 33.7 Å². The second kappa shape index (κ2) is 8.55. The quantitative estimate of drug-likeness (QED) is 0.755. The minimum atomic E-state index is -3.57. The fraction of sp³-hybridized carbons (Fsp3) is 0.333. The second-order valence-corrected chi connectivity index (χ2v) is 9.81. The highest BCUT2D eigenvalue weighted by Gasteiger charge is 2.20. The van der Waals surface area contributed by atoms with Crippen molar-refractivity contribution in [2.75, 3.05) is 25.2 Å². The standard InChI is InChI=1S/C21H23ClN2O4S/c1-24(2)21(26)16-7-9-18(22)19(13-16)23-20(25)10-11-29(27,28)17-8-6-14-4-3-5-15(14)12-17/h6-9,12-13H,3-5,10-11H2,1-2H3,(H,23,25). The highest BCUT2D eigenvalue weighted by Crippen LogP contribution is 2.26. The van der Waals surface area contributed by atoms with Gasteiger partial charge >= 0.3 is 0 Å². The summed E-state index contributed by atoms with van der Waals surface area (Å²) in [7, 11) is -0.319. The molecule has 0 saturated carbocycles. The monoisotopic (exact) mass is 434 g/mol. The predicted molar refractivity (Wildman–Crippen MR) is 113 cm³/mol. The number of benzene rings is 2. The van der Waals surface area contributed by atoms with Gasteiger partial charge in [0, 0.05) is 26.1 Å². The lowest BCUT2D eigenvalue weighted by molar-refractivity contribution is -0.115. The average molecular weight is 435 g/mol. The molecule has 3 rings (SSSR count). The van der Waals surface area contributed by atoms with E-state index in [2.05, 4.69) is 5.32 Å². The Morgan fingerprint density at radius 3 is 2.52 bits per heavy atom. The lowest BCUT2D eigenvalue weighted by atomic mass is 10.1. The van der Waals surface area contributed by atoms with Crippen LogP contribution in [-0.4, -0.2) is 45.0 Å². The molecule has 6 nitrogen and oxygen atoms in total. The van der Waals surface area contributed by atoms with Gasteiger partial charge in [0.25, 0.3) is 5.91 Å². The van der Waals surface area contributed by atoms with Crippen LogP contribution in [0, 0.1) is 0 Å². The summed E-state index contributed by atoms with van der Waals surface area (Å²) < 4.78 is 25.2. The first kappa shape index (κ1) is 21.3. The minimum Gasteiger partial charge on any atom is -0.345 e. The number of amides is 2. The molecule has 154 valence electrons. The number of hydrogen-bond acceptors (Lipinski definition) is 4. The van der Waals surface area contributed by atoms with Crippen LogP contribution in [0.1, 0.15) is 34.3 Å². The molecule has 0 aliphatic heterocycles. The van der Waals surface area contributed by atoms with Crippen molar-refractivity contribution in [1.82, 2.24) is 4.90 Å². The zero-order valence-corrected chi connectivity index (χ0v) is 17.9. The topological polar surface area (TPSA) is 83.6 Å². The van der Waals surface area contributed by atoms with E-state index in [4.69, 9.17) is 11.6 Å². The van der Waals surface area contributed by atoms with E-state index < -0.39 is 15.7 Å². The van der Waals surface area contributed by atoms with Gasteiger partial charge in [0.2, 0.25) is 5.91 Å². The Morgan fingerprint density at radius 2 is 1.79 bits per heavy atom. The van der Waals surface area contributed by atoms with Crippen molar-refractivity contribution < 1.29 is 18.0 Å². The molecule has 8 heteroatoms. The fourth-order valence-corrected chi connectivity index (χ4v) is 4.76. The van der Waals surface area contributed by atoms with E-state index in [0.717, 1.165) is 24.8 Å². The number of carbonyl (C=O) groups excluding carboxylic acids is 2. The van der Waals surface area contributed by atoms with Crippen LogP contribution in [-0.2, 0) is 27.5 Å². The SMILES string of the molecule is CN(C)C(=O)c1ccc(Cl)c(NC(=O)CCS(=O)(=O)c2ccc3c(c2)CCC3)c1. The number of sulfone groups is 1. The van der Waals surface area contributed by atoms with Crippen LogP contribution in [0.5, 0.6) is 0 Å². The maximum Gasteiger partial charge on any atom is 0.253 e. The molecule has 2 amide bonds.